The first kappa shape index (κ1) is 15.6. The van der Waals surface area contributed by atoms with Crippen LogP contribution in [0, 0.1) is 10.1 Å². The second kappa shape index (κ2) is 6.77. The van der Waals surface area contributed by atoms with Crippen molar-refractivity contribution >= 4 is 11.6 Å². The number of ether oxygens (including phenoxy) is 1. The topological polar surface area (TPSA) is 84.6 Å². The molecule has 1 aromatic heterocycles. The summed E-state index contributed by atoms with van der Waals surface area (Å²) in [7, 11) is 1.88. The second-order valence-corrected chi connectivity index (χ2v) is 5.44. The minimum atomic E-state index is -0.500. The maximum atomic E-state index is 10.6. The fraction of sp³-hybridized carbons (Fsp3) is 0.692. The Labute approximate surface area is 123 Å². The van der Waals surface area contributed by atoms with E-state index in [9.17, 15) is 10.1 Å². The Balaban J connectivity index is 1.86. The summed E-state index contributed by atoms with van der Waals surface area (Å²) in [5, 5.41) is 10.6. The van der Waals surface area contributed by atoms with Gasteiger partial charge in [0, 0.05) is 33.2 Å². The van der Waals surface area contributed by atoms with Crippen molar-refractivity contribution in [2.24, 2.45) is 0 Å². The first-order chi connectivity index (χ1) is 9.95. The summed E-state index contributed by atoms with van der Waals surface area (Å²) in [5.74, 6) is 0.495. The molecule has 0 radical (unpaired) electrons. The lowest BCUT2D eigenvalue weighted by Crippen LogP contribution is -2.47. The van der Waals surface area contributed by atoms with Gasteiger partial charge in [0.15, 0.2) is 0 Å². The molecule has 1 fully saturated rings. The quantitative estimate of drug-likeness (QED) is 0.590. The van der Waals surface area contributed by atoms with Crippen LogP contribution in [-0.2, 0) is 4.74 Å². The van der Waals surface area contributed by atoms with Crippen molar-refractivity contribution in [1.82, 2.24) is 14.9 Å². The Bertz CT molecular complexity index is 471. The van der Waals surface area contributed by atoms with Gasteiger partial charge in [-0.15, -0.1) is 0 Å². The van der Waals surface area contributed by atoms with Crippen molar-refractivity contribution in [2.45, 2.75) is 26.1 Å². The minimum Gasteiger partial charge on any atom is -0.373 e. The highest BCUT2D eigenvalue weighted by Crippen LogP contribution is 2.12. The molecule has 116 valence electrons. The normalized spacial score (nSPS) is 23.0. The molecule has 0 spiro atoms. The number of nitrogens with zero attached hydrogens (tertiary/aromatic N) is 5. The highest BCUT2D eigenvalue weighted by Gasteiger charge is 2.22. The van der Waals surface area contributed by atoms with E-state index in [1.807, 2.05) is 11.9 Å². The zero-order valence-electron chi connectivity index (χ0n) is 12.6. The summed E-state index contributed by atoms with van der Waals surface area (Å²) in [6.45, 7) is 7.63. The van der Waals surface area contributed by atoms with Crippen LogP contribution in [0.25, 0.3) is 0 Å². The van der Waals surface area contributed by atoms with Crippen molar-refractivity contribution in [3.63, 3.8) is 0 Å². The van der Waals surface area contributed by atoms with Crippen LogP contribution < -0.4 is 4.90 Å². The summed E-state index contributed by atoms with van der Waals surface area (Å²) in [5.41, 5.74) is -0.0945. The number of morpholine rings is 1. The van der Waals surface area contributed by atoms with Crippen LogP contribution in [0.2, 0.25) is 0 Å². The first-order valence-corrected chi connectivity index (χ1v) is 7.01. The summed E-state index contributed by atoms with van der Waals surface area (Å²) in [6, 6.07) is 0. The van der Waals surface area contributed by atoms with Gasteiger partial charge in [-0.25, -0.2) is 9.97 Å². The van der Waals surface area contributed by atoms with Gasteiger partial charge in [0.25, 0.3) is 0 Å². The molecule has 0 amide bonds. The van der Waals surface area contributed by atoms with Gasteiger partial charge in [0.1, 0.15) is 12.4 Å². The lowest BCUT2D eigenvalue weighted by molar-refractivity contribution is -0.385. The third-order valence-corrected chi connectivity index (χ3v) is 3.42. The summed E-state index contributed by atoms with van der Waals surface area (Å²) in [4.78, 5) is 22.4. The third-order valence-electron chi connectivity index (χ3n) is 3.42. The Morgan fingerprint density at radius 3 is 2.48 bits per heavy atom. The molecule has 0 bridgehead atoms. The van der Waals surface area contributed by atoms with Gasteiger partial charge >= 0.3 is 5.69 Å². The molecule has 2 heterocycles. The van der Waals surface area contributed by atoms with E-state index in [4.69, 9.17) is 4.74 Å². The molecule has 1 saturated heterocycles. The number of likely N-dealkylation sites (N-methyl/N-ethyl adjacent to an activating group) is 1. The fourth-order valence-corrected chi connectivity index (χ4v) is 2.46. The number of nitro groups is 1. The van der Waals surface area contributed by atoms with Gasteiger partial charge < -0.3 is 9.64 Å². The highest BCUT2D eigenvalue weighted by atomic mass is 16.6. The lowest BCUT2D eigenvalue weighted by Gasteiger charge is -2.36. The van der Waals surface area contributed by atoms with Gasteiger partial charge in [0.2, 0.25) is 5.95 Å². The zero-order chi connectivity index (χ0) is 15.4. The van der Waals surface area contributed by atoms with Crippen LogP contribution in [0.15, 0.2) is 12.4 Å². The number of anilines is 1. The molecule has 1 aromatic rings. The number of rotatable bonds is 5. The Morgan fingerprint density at radius 1 is 1.38 bits per heavy atom. The lowest BCUT2D eigenvalue weighted by atomic mass is 10.2. The van der Waals surface area contributed by atoms with Crippen LogP contribution >= 0.6 is 0 Å². The predicted octanol–water partition coefficient (Wildman–Crippen LogP) is 0.930. The highest BCUT2D eigenvalue weighted by molar-refractivity contribution is 5.32. The van der Waals surface area contributed by atoms with Crippen LogP contribution in [0.3, 0.4) is 0 Å². The van der Waals surface area contributed by atoms with E-state index in [0.29, 0.717) is 5.95 Å². The maximum absolute atomic E-state index is 10.6. The van der Waals surface area contributed by atoms with Gasteiger partial charge in [0.05, 0.1) is 17.1 Å². The molecule has 8 nitrogen and oxygen atoms in total. The smallest absolute Gasteiger partial charge is 0.305 e. The molecule has 0 N–H and O–H groups in total. The summed E-state index contributed by atoms with van der Waals surface area (Å²) >= 11 is 0. The van der Waals surface area contributed by atoms with E-state index in [1.54, 1.807) is 0 Å². The molecule has 0 unspecified atom stereocenters. The van der Waals surface area contributed by atoms with Crippen LogP contribution in [0.4, 0.5) is 11.6 Å². The zero-order valence-corrected chi connectivity index (χ0v) is 12.6. The van der Waals surface area contributed by atoms with E-state index >= 15 is 0 Å². The molecule has 0 aliphatic carbocycles. The molecule has 0 aromatic carbocycles. The molecular formula is C13H21N5O3. The van der Waals surface area contributed by atoms with E-state index in [1.165, 1.54) is 12.4 Å². The van der Waals surface area contributed by atoms with E-state index in [2.05, 4.69) is 28.7 Å². The standard InChI is InChI=1S/C13H21N5O3/c1-10-8-17(9-11(2)21-10)5-4-16(3)13-14-6-12(7-15-13)18(19)20/h6-7,10-11H,4-5,8-9H2,1-3H3/t10-,11+. The van der Waals surface area contributed by atoms with Crippen molar-refractivity contribution in [1.29, 1.82) is 0 Å². The van der Waals surface area contributed by atoms with Crippen molar-refractivity contribution < 1.29 is 9.66 Å². The largest absolute Gasteiger partial charge is 0.373 e. The molecule has 2 rings (SSSR count). The van der Waals surface area contributed by atoms with Gasteiger partial charge in [-0.3, -0.25) is 15.0 Å². The van der Waals surface area contributed by atoms with Crippen LogP contribution in [-0.4, -0.2) is 65.2 Å². The van der Waals surface area contributed by atoms with Gasteiger partial charge in [-0.05, 0) is 13.8 Å². The van der Waals surface area contributed by atoms with Crippen molar-refractivity contribution in [3.8, 4) is 0 Å². The molecule has 21 heavy (non-hydrogen) atoms. The summed E-state index contributed by atoms with van der Waals surface area (Å²) < 4.78 is 5.70. The molecule has 1 aliphatic heterocycles. The number of hydrogen-bond acceptors (Lipinski definition) is 7. The molecule has 1 aliphatic rings. The van der Waals surface area contributed by atoms with E-state index in [0.717, 1.165) is 26.2 Å². The SMILES string of the molecule is C[C@@H]1CN(CCN(C)c2ncc([N+](=O)[O-])cn2)C[C@H](C)O1. The average molecular weight is 295 g/mol. The second-order valence-electron chi connectivity index (χ2n) is 5.44. The number of hydrogen-bond donors (Lipinski definition) is 0. The van der Waals surface area contributed by atoms with E-state index < -0.39 is 4.92 Å². The van der Waals surface area contributed by atoms with Crippen molar-refractivity contribution in [3.05, 3.63) is 22.5 Å². The fourth-order valence-electron chi connectivity index (χ4n) is 2.46. The maximum Gasteiger partial charge on any atom is 0.305 e. The number of aromatic nitrogens is 2. The van der Waals surface area contributed by atoms with Crippen molar-refractivity contribution in [2.75, 3.05) is 38.1 Å². The summed E-state index contributed by atoms with van der Waals surface area (Å²) in [6.07, 6.45) is 2.96. The molecule has 8 heteroatoms. The van der Waals surface area contributed by atoms with E-state index in [-0.39, 0.29) is 17.9 Å². The average Bonchev–Trinajstić information content (AvgIpc) is 2.44. The molecule has 0 saturated carbocycles. The molecular weight excluding hydrogens is 274 g/mol. The van der Waals surface area contributed by atoms with Crippen LogP contribution in [0.1, 0.15) is 13.8 Å². The monoisotopic (exact) mass is 295 g/mol. The third kappa shape index (κ3) is 4.33. The Hall–Kier alpha value is -1.80. The van der Waals surface area contributed by atoms with Gasteiger partial charge in [-0.2, -0.15) is 0 Å². The minimum absolute atomic E-state index is 0.0945. The van der Waals surface area contributed by atoms with Crippen LogP contribution in [0.5, 0.6) is 0 Å². The van der Waals surface area contributed by atoms with Gasteiger partial charge in [-0.1, -0.05) is 0 Å². The predicted molar refractivity (Wildman–Crippen MR) is 78.4 cm³/mol. The Kier molecular flexibility index (Phi) is 5.03. The Morgan fingerprint density at radius 2 is 1.95 bits per heavy atom. The first-order valence-electron chi connectivity index (χ1n) is 7.01. The molecule has 2 atom stereocenters.